The lowest BCUT2D eigenvalue weighted by atomic mass is 10.2. The monoisotopic (exact) mass is 304 g/mol. The van der Waals surface area contributed by atoms with E-state index in [1.54, 1.807) is 28.8 Å². The van der Waals surface area contributed by atoms with Crippen molar-refractivity contribution in [3.05, 3.63) is 34.3 Å². The van der Waals surface area contributed by atoms with Gasteiger partial charge in [0.1, 0.15) is 10.7 Å². The molecule has 0 aromatic carbocycles. The molecule has 3 aromatic heterocycles. The maximum absolute atomic E-state index is 11.3. The SMILES string of the molecule is Cc1csc(Cn2nnc(C(=O)O)c2-c2cncn2C)n1. The van der Waals surface area contributed by atoms with Gasteiger partial charge in [-0.15, -0.1) is 16.4 Å². The molecule has 0 amide bonds. The Bertz CT molecular complexity index is 802. The summed E-state index contributed by atoms with van der Waals surface area (Å²) in [6, 6.07) is 0. The van der Waals surface area contributed by atoms with E-state index in [-0.39, 0.29) is 5.69 Å². The first-order chi connectivity index (χ1) is 10.1. The van der Waals surface area contributed by atoms with Crippen molar-refractivity contribution >= 4 is 17.3 Å². The van der Waals surface area contributed by atoms with E-state index < -0.39 is 5.97 Å². The number of carbonyl (C=O) groups is 1. The third kappa shape index (κ3) is 2.42. The molecule has 1 N–H and O–H groups in total. The number of hydrogen-bond donors (Lipinski definition) is 1. The lowest BCUT2D eigenvalue weighted by Crippen LogP contribution is -2.08. The van der Waals surface area contributed by atoms with Gasteiger partial charge in [0.05, 0.1) is 24.8 Å². The molecule has 3 aromatic rings. The van der Waals surface area contributed by atoms with Crippen LogP contribution in [0.25, 0.3) is 11.4 Å². The summed E-state index contributed by atoms with van der Waals surface area (Å²) in [5, 5.41) is 19.8. The summed E-state index contributed by atoms with van der Waals surface area (Å²) in [6.07, 6.45) is 3.20. The van der Waals surface area contributed by atoms with Crippen LogP contribution in [0.3, 0.4) is 0 Å². The van der Waals surface area contributed by atoms with Crippen LogP contribution in [0, 0.1) is 6.92 Å². The van der Waals surface area contributed by atoms with Crippen LogP contribution in [0.5, 0.6) is 0 Å². The molecular formula is C12H12N6O2S. The quantitative estimate of drug-likeness (QED) is 0.777. The van der Waals surface area contributed by atoms with E-state index >= 15 is 0 Å². The molecular weight excluding hydrogens is 292 g/mol. The highest BCUT2D eigenvalue weighted by atomic mass is 32.1. The van der Waals surface area contributed by atoms with Crippen LogP contribution in [0.1, 0.15) is 21.2 Å². The fourth-order valence-corrected chi connectivity index (χ4v) is 2.76. The Labute approximate surface area is 123 Å². The third-order valence-corrected chi connectivity index (χ3v) is 3.90. The van der Waals surface area contributed by atoms with Gasteiger partial charge in [-0.25, -0.2) is 19.4 Å². The van der Waals surface area contributed by atoms with Crippen molar-refractivity contribution in [3.8, 4) is 11.4 Å². The largest absolute Gasteiger partial charge is 0.476 e. The molecule has 8 nitrogen and oxygen atoms in total. The Morgan fingerprint density at radius 3 is 2.86 bits per heavy atom. The van der Waals surface area contributed by atoms with Gasteiger partial charge in [-0.05, 0) is 6.92 Å². The van der Waals surface area contributed by atoms with E-state index in [1.165, 1.54) is 11.3 Å². The Balaban J connectivity index is 2.09. The highest BCUT2D eigenvalue weighted by Gasteiger charge is 2.23. The van der Waals surface area contributed by atoms with Crippen LogP contribution in [-0.2, 0) is 13.6 Å². The van der Waals surface area contributed by atoms with Crippen molar-refractivity contribution in [2.45, 2.75) is 13.5 Å². The number of thiazole rings is 1. The number of hydrogen-bond acceptors (Lipinski definition) is 6. The second-order valence-corrected chi connectivity index (χ2v) is 5.46. The first kappa shape index (κ1) is 13.4. The molecule has 3 rings (SSSR count). The first-order valence-corrected chi connectivity index (χ1v) is 6.98. The zero-order chi connectivity index (χ0) is 15.0. The van der Waals surface area contributed by atoms with E-state index in [1.807, 2.05) is 12.3 Å². The number of aromatic nitrogens is 6. The van der Waals surface area contributed by atoms with Gasteiger partial charge in [0, 0.05) is 18.1 Å². The summed E-state index contributed by atoms with van der Waals surface area (Å²) >= 11 is 1.50. The van der Waals surface area contributed by atoms with Crippen molar-refractivity contribution in [1.29, 1.82) is 0 Å². The van der Waals surface area contributed by atoms with E-state index in [4.69, 9.17) is 0 Å². The second-order valence-electron chi connectivity index (χ2n) is 4.52. The second kappa shape index (κ2) is 5.09. The standard InChI is InChI=1S/C12H12N6O2S/c1-7-5-21-9(14-7)4-18-11(8-3-13-6-17(8)2)10(12(19)20)15-16-18/h3,5-6H,4H2,1-2H3,(H,19,20). The van der Waals surface area contributed by atoms with Crippen molar-refractivity contribution in [2.24, 2.45) is 7.05 Å². The average molecular weight is 304 g/mol. The molecule has 0 spiro atoms. The minimum atomic E-state index is -1.12. The van der Waals surface area contributed by atoms with Crippen LogP contribution in [0.4, 0.5) is 0 Å². The molecule has 21 heavy (non-hydrogen) atoms. The van der Waals surface area contributed by atoms with Gasteiger partial charge < -0.3 is 9.67 Å². The summed E-state index contributed by atoms with van der Waals surface area (Å²) in [5.74, 6) is -1.12. The summed E-state index contributed by atoms with van der Waals surface area (Å²) in [5.41, 5.74) is 1.91. The van der Waals surface area contributed by atoms with Crippen LogP contribution >= 0.6 is 11.3 Å². The lowest BCUT2D eigenvalue weighted by molar-refractivity contribution is 0.0691. The summed E-state index contributed by atoms with van der Waals surface area (Å²) < 4.78 is 3.27. The molecule has 0 aliphatic rings. The zero-order valence-electron chi connectivity index (χ0n) is 11.4. The van der Waals surface area contributed by atoms with E-state index in [2.05, 4.69) is 20.3 Å². The van der Waals surface area contributed by atoms with E-state index in [9.17, 15) is 9.90 Å². The molecule has 0 saturated heterocycles. The molecule has 0 bridgehead atoms. The van der Waals surface area contributed by atoms with Crippen molar-refractivity contribution in [2.75, 3.05) is 0 Å². The first-order valence-electron chi connectivity index (χ1n) is 6.10. The Morgan fingerprint density at radius 2 is 2.29 bits per heavy atom. The highest BCUT2D eigenvalue weighted by Crippen LogP contribution is 2.23. The molecule has 3 heterocycles. The Morgan fingerprint density at radius 1 is 1.48 bits per heavy atom. The molecule has 0 saturated carbocycles. The van der Waals surface area contributed by atoms with Crippen molar-refractivity contribution in [3.63, 3.8) is 0 Å². The Kier molecular flexibility index (Phi) is 3.26. The number of imidazole rings is 1. The topological polar surface area (TPSA) is 98.7 Å². The summed E-state index contributed by atoms with van der Waals surface area (Å²) in [7, 11) is 1.79. The maximum Gasteiger partial charge on any atom is 0.358 e. The Hall–Kier alpha value is -2.55. The van der Waals surface area contributed by atoms with E-state index in [0.29, 0.717) is 17.9 Å². The van der Waals surface area contributed by atoms with Crippen molar-refractivity contribution < 1.29 is 9.90 Å². The lowest BCUT2D eigenvalue weighted by Gasteiger charge is -2.06. The number of carboxylic acids is 1. The van der Waals surface area contributed by atoms with Crippen LogP contribution in [0.2, 0.25) is 0 Å². The van der Waals surface area contributed by atoms with Gasteiger partial charge in [-0.2, -0.15) is 0 Å². The van der Waals surface area contributed by atoms with Gasteiger partial charge in [-0.3, -0.25) is 0 Å². The van der Waals surface area contributed by atoms with Gasteiger partial charge in [0.15, 0.2) is 5.69 Å². The highest BCUT2D eigenvalue weighted by molar-refractivity contribution is 7.09. The fourth-order valence-electron chi connectivity index (χ4n) is 2.01. The van der Waals surface area contributed by atoms with Gasteiger partial charge in [0.25, 0.3) is 0 Å². The van der Waals surface area contributed by atoms with E-state index in [0.717, 1.165) is 10.7 Å². The molecule has 0 atom stereocenters. The van der Waals surface area contributed by atoms with Crippen LogP contribution in [0.15, 0.2) is 17.9 Å². The zero-order valence-corrected chi connectivity index (χ0v) is 12.2. The van der Waals surface area contributed by atoms with Gasteiger partial charge in [-0.1, -0.05) is 5.21 Å². The predicted octanol–water partition coefficient (Wildman–Crippen LogP) is 1.19. The predicted molar refractivity (Wildman–Crippen MR) is 75.1 cm³/mol. The molecule has 9 heteroatoms. The summed E-state index contributed by atoms with van der Waals surface area (Å²) in [4.78, 5) is 19.7. The fraction of sp³-hybridized carbons (Fsp3) is 0.250. The average Bonchev–Trinajstić information content (AvgIpc) is 3.11. The molecule has 0 fully saturated rings. The van der Waals surface area contributed by atoms with Gasteiger partial charge >= 0.3 is 5.97 Å². The number of nitrogens with zero attached hydrogens (tertiary/aromatic N) is 6. The normalized spacial score (nSPS) is 11.0. The molecule has 0 aliphatic heterocycles. The molecule has 0 unspecified atom stereocenters. The molecule has 108 valence electrons. The minimum absolute atomic E-state index is 0.0909. The molecule has 0 aliphatic carbocycles. The number of rotatable bonds is 4. The van der Waals surface area contributed by atoms with Crippen LogP contribution in [-0.4, -0.2) is 40.6 Å². The number of carboxylic acid groups (broad SMARTS) is 1. The third-order valence-electron chi connectivity index (χ3n) is 2.95. The van der Waals surface area contributed by atoms with Crippen molar-refractivity contribution in [1.82, 2.24) is 29.5 Å². The maximum atomic E-state index is 11.3. The molecule has 0 radical (unpaired) electrons. The summed E-state index contributed by atoms with van der Waals surface area (Å²) in [6.45, 7) is 2.28. The minimum Gasteiger partial charge on any atom is -0.476 e. The van der Waals surface area contributed by atoms with Gasteiger partial charge in [0.2, 0.25) is 0 Å². The number of aryl methyl sites for hydroxylation is 2. The van der Waals surface area contributed by atoms with Crippen LogP contribution < -0.4 is 0 Å². The number of aromatic carboxylic acids is 1. The smallest absolute Gasteiger partial charge is 0.358 e.